The maximum absolute atomic E-state index is 12.8. The molecule has 1 aromatic rings. The van der Waals surface area contributed by atoms with Crippen LogP contribution in [0.2, 0.25) is 0 Å². The summed E-state index contributed by atoms with van der Waals surface area (Å²) in [5.41, 5.74) is 0.792. The van der Waals surface area contributed by atoms with Gasteiger partial charge in [0.2, 0.25) is 0 Å². The fourth-order valence-corrected chi connectivity index (χ4v) is 4.07. The Hall–Kier alpha value is -0.830. The summed E-state index contributed by atoms with van der Waals surface area (Å²) in [6, 6.07) is 3.95. The average Bonchev–Trinajstić information content (AvgIpc) is 2.36. The van der Waals surface area contributed by atoms with E-state index in [2.05, 4.69) is 32.7 Å². The van der Waals surface area contributed by atoms with Gasteiger partial charge in [0.05, 0.1) is 5.92 Å². The van der Waals surface area contributed by atoms with Gasteiger partial charge in [-0.2, -0.15) is 11.8 Å². The highest BCUT2D eigenvalue weighted by Gasteiger charge is 2.45. The van der Waals surface area contributed by atoms with E-state index in [0.29, 0.717) is 5.78 Å². The summed E-state index contributed by atoms with van der Waals surface area (Å²) in [4.78, 5) is 17.0. The molecule has 98 valence electrons. The number of rotatable bonds is 1. The van der Waals surface area contributed by atoms with E-state index in [4.69, 9.17) is 0 Å². The van der Waals surface area contributed by atoms with Crippen molar-refractivity contribution in [2.75, 3.05) is 11.5 Å². The number of aromatic nitrogens is 1. The lowest BCUT2D eigenvalue weighted by Crippen LogP contribution is -2.36. The van der Waals surface area contributed by atoms with Crippen molar-refractivity contribution >= 4 is 17.5 Å². The summed E-state index contributed by atoms with van der Waals surface area (Å²) in [6.07, 6.45) is 3.61. The number of thioether (sulfide) groups is 1. The summed E-state index contributed by atoms with van der Waals surface area (Å²) >= 11 is 1.89. The second-order valence-electron chi connectivity index (χ2n) is 6.45. The number of hydrogen-bond acceptors (Lipinski definition) is 3. The second kappa shape index (κ2) is 4.69. The molecular formula is C15H21NOS. The molecule has 0 saturated carbocycles. The Morgan fingerprint density at radius 3 is 2.61 bits per heavy atom. The van der Waals surface area contributed by atoms with Gasteiger partial charge in [-0.15, -0.1) is 0 Å². The van der Waals surface area contributed by atoms with E-state index < -0.39 is 0 Å². The zero-order valence-corrected chi connectivity index (χ0v) is 12.4. The molecule has 2 heterocycles. The maximum Gasteiger partial charge on any atom is 0.147 e. The van der Waals surface area contributed by atoms with E-state index in [1.807, 2.05) is 30.1 Å². The molecule has 0 radical (unpaired) electrons. The predicted octanol–water partition coefficient (Wildman–Crippen LogP) is 3.53. The smallest absolute Gasteiger partial charge is 0.147 e. The van der Waals surface area contributed by atoms with Crippen LogP contribution in [0.1, 0.15) is 39.2 Å². The Kier molecular flexibility index (Phi) is 3.54. The minimum Gasteiger partial charge on any atom is -0.298 e. The summed E-state index contributed by atoms with van der Waals surface area (Å²) in [6.45, 7) is 8.51. The molecule has 0 bridgehead atoms. The van der Waals surface area contributed by atoms with Crippen LogP contribution in [-0.2, 0) is 4.79 Å². The quantitative estimate of drug-likeness (QED) is 0.776. The van der Waals surface area contributed by atoms with Gasteiger partial charge in [0.25, 0.3) is 0 Å². The van der Waals surface area contributed by atoms with E-state index in [1.54, 1.807) is 6.20 Å². The van der Waals surface area contributed by atoms with Crippen molar-refractivity contribution in [3.05, 3.63) is 30.1 Å². The van der Waals surface area contributed by atoms with Crippen LogP contribution in [0.5, 0.6) is 0 Å². The van der Waals surface area contributed by atoms with Crippen LogP contribution in [-0.4, -0.2) is 22.3 Å². The molecule has 0 spiro atoms. The summed E-state index contributed by atoms with van der Waals surface area (Å²) in [5, 5.41) is 0. The lowest BCUT2D eigenvalue weighted by atomic mass is 9.68. The first kappa shape index (κ1) is 13.6. The van der Waals surface area contributed by atoms with Gasteiger partial charge in [0, 0.05) is 23.6 Å². The molecule has 0 aliphatic carbocycles. The zero-order chi connectivity index (χ0) is 13.4. The molecule has 1 fully saturated rings. The van der Waals surface area contributed by atoms with E-state index in [9.17, 15) is 4.79 Å². The van der Waals surface area contributed by atoms with Crippen molar-refractivity contribution in [1.82, 2.24) is 4.98 Å². The van der Waals surface area contributed by atoms with Crippen LogP contribution < -0.4 is 0 Å². The molecule has 2 nitrogen and oxygen atoms in total. The van der Waals surface area contributed by atoms with Gasteiger partial charge >= 0.3 is 0 Å². The van der Waals surface area contributed by atoms with Crippen molar-refractivity contribution in [1.29, 1.82) is 0 Å². The Morgan fingerprint density at radius 2 is 2.00 bits per heavy atom. The van der Waals surface area contributed by atoms with Crippen LogP contribution in [0.25, 0.3) is 0 Å². The monoisotopic (exact) mass is 263 g/mol. The molecule has 0 N–H and O–H groups in total. The normalized spacial score (nSPS) is 26.7. The standard InChI is InChI=1S/C15H21NOS/c1-14(2)9-18-10-15(3,4)13(17)12(14)11-6-5-7-16-8-11/h5-8,12H,9-10H2,1-4H3. The number of Topliss-reactive ketones (excluding diaryl/α,β-unsaturated/α-hetero) is 1. The van der Waals surface area contributed by atoms with Crippen LogP contribution in [0.4, 0.5) is 0 Å². The first-order valence-electron chi connectivity index (χ1n) is 6.37. The predicted molar refractivity (Wildman–Crippen MR) is 76.9 cm³/mol. The molecule has 1 aliphatic rings. The lowest BCUT2D eigenvalue weighted by Gasteiger charge is -2.33. The Labute approximate surface area is 114 Å². The third kappa shape index (κ3) is 2.46. The summed E-state index contributed by atoms with van der Waals surface area (Å²) in [7, 11) is 0. The fourth-order valence-electron chi connectivity index (χ4n) is 2.62. The minimum absolute atomic E-state index is 0.0153. The highest BCUT2D eigenvalue weighted by atomic mass is 32.2. The molecule has 1 aliphatic heterocycles. The van der Waals surface area contributed by atoms with Gasteiger partial charge in [-0.05, 0) is 22.8 Å². The van der Waals surface area contributed by atoms with Gasteiger partial charge in [-0.25, -0.2) is 0 Å². The lowest BCUT2D eigenvalue weighted by molar-refractivity contribution is -0.129. The molecule has 1 atom stereocenters. The highest BCUT2D eigenvalue weighted by Crippen LogP contribution is 2.46. The second-order valence-corrected chi connectivity index (χ2v) is 7.43. The Bertz CT molecular complexity index is 439. The molecule has 1 saturated heterocycles. The summed E-state index contributed by atoms with van der Waals surface area (Å²) in [5.74, 6) is 2.23. The molecule has 1 aromatic heterocycles. The Morgan fingerprint density at radius 1 is 1.28 bits per heavy atom. The summed E-state index contributed by atoms with van der Waals surface area (Å²) < 4.78 is 0. The van der Waals surface area contributed by atoms with Gasteiger partial charge in [0.15, 0.2) is 0 Å². The van der Waals surface area contributed by atoms with Crippen LogP contribution >= 0.6 is 11.8 Å². The van der Waals surface area contributed by atoms with Crippen molar-refractivity contribution < 1.29 is 4.79 Å². The number of ketones is 1. The first-order chi connectivity index (χ1) is 8.34. The van der Waals surface area contributed by atoms with Crippen molar-refractivity contribution in [3.63, 3.8) is 0 Å². The molecule has 0 aromatic carbocycles. The molecule has 3 heteroatoms. The third-order valence-corrected chi connectivity index (χ3v) is 5.54. The van der Waals surface area contributed by atoms with Crippen molar-refractivity contribution in [2.24, 2.45) is 10.8 Å². The van der Waals surface area contributed by atoms with Crippen molar-refractivity contribution in [2.45, 2.75) is 33.6 Å². The molecule has 1 unspecified atom stereocenters. The largest absolute Gasteiger partial charge is 0.298 e. The van der Waals surface area contributed by atoms with Gasteiger partial charge in [-0.1, -0.05) is 33.8 Å². The zero-order valence-electron chi connectivity index (χ0n) is 11.6. The minimum atomic E-state index is -0.251. The highest BCUT2D eigenvalue weighted by molar-refractivity contribution is 7.99. The van der Waals surface area contributed by atoms with E-state index >= 15 is 0 Å². The number of carbonyl (C=O) groups excluding carboxylic acids is 1. The number of hydrogen-bond donors (Lipinski definition) is 0. The SMILES string of the molecule is CC1(C)CSCC(C)(C)C(c2cccnc2)C1=O. The van der Waals surface area contributed by atoms with Gasteiger partial charge < -0.3 is 0 Å². The fraction of sp³-hybridized carbons (Fsp3) is 0.600. The first-order valence-corrected chi connectivity index (χ1v) is 7.52. The van der Waals surface area contributed by atoms with Crippen LogP contribution in [0.15, 0.2) is 24.5 Å². The number of carbonyl (C=O) groups is 1. The molecular weight excluding hydrogens is 242 g/mol. The Balaban J connectivity index is 2.48. The van der Waals surface area contributed by atoms with E-state index in [0.717, 1.165) is 17.1 Å². The molecule has 2 rings (SSSR count). The van der Waals surface area contributed by atoms with Crippen LogP contribution in [0, 0.1) is 10.8 Å². The van der Waals surface area contributed by atoms with Gasteiger partial charge in [0.1, 0.15) is 5.78 Å². The van der Waals surface area contributed by atoms with Crippen LogP contribution in [0.3, 0.4) is 0 Å². The van der Waals surface area contributed by atoms with E-state index in [-0.39, 0.29) is 16.7 Å². The van der Waals surface area contributed by atoms with Crippen molar-refractivity contribution in [3.8, 4) is 0 Å². The average molecular weight is 263 g/mol. The topological polar surface area (TPSA) is 30.0 Å². The maximum atomic E-state index is 12.8. The third-order valence-electron chi connectivity index (χ3n) is 3.67. The number of nitrogens with zero attached hydrogens (tertiary/aromatic N) is 1. The van der Waals surface area contributed by atoms with Gasteiger partial charge in [-0.3, -0.25) is 9.78 Å². The number of pyridine rings is 1. The molecule has 18 heavy (non-hydrogen) atoms. The molecule has 0 amide bonds. The van der Waals surface area contributed by atoms with E-state index in [1.165, 1.54) is 0 Å².